The van der Waals surface area contributed by atoms with E-state index in [1.54, 1.807) is 6.92 Å². The van der Waals surface area contributed by atoms with Gasteiger partial charge < -0.3 is 4.79 Å². The molecule has 0 amide bonds. The lowest BCUT2D eigenvalue weighted by Crippen LogP contribution is -2.12. The van der Waals surface area contributed by atoms with E-state index in [2.05, 4.69) is 0 Å². The monoisotopic (exact) mass is 150 g/mol. The van der Waals surface area contributed by atoms with E-state index in [-0.39, 0.29) is 11.7 Å². The molecule has 3 nitrogen and oxygen atoms in total. The first-order chi connectivity index (χ1) is 3.95. The zero-order valence-electron chi connectivity index (χ0n) is 5.49. The van der Waals surface area contributed by atoms with Crippen LogP contribution in [0.4, 0.5) is 0 Å². The fourth-order valence-electron chi connectivity index (χ4n) is 0.517. The van der Waals surface area contributed by atoms with Gasteiger partial charge in [0.1, 0.15) is 16.1 Å². The molecule has 0 N–H and O–H groups in total. The average Bonchev–Trinajstić information content (AvgIpc) is 1.62. The highest BCUT2D eigenvalue weighted by molar-refractivity contribution is 7.90. The summed E-state index contributed by atoms with van der Waals surface area (Å²) in [6, 6.07) is 0. The van der Waals surface area contributed by atoms with Gasteiger partial charge in [0.15, 0.2) is 0 Å². The molecular formula is C5H10O3S. The summed E-state index contributed by atoms with van der Waals surface area (Å²) < 4.78 is 20.9. The summed E-state index contributed by atoms with van der Waals surface area (Å²) in [4.78, 5) is 9.92. The van der Waals surface area contributed by atoms with E-state index in [0.717, 1.165) is 6.26 Å². The zero-order valence-corrected chi connectivity index (χ0v) is 6.31. The summed E-state index contributed by atoms with van der Waals surface area (Å²) in [7, 11) is -2.97. The number of aldehydes is 1. The van der Waals surface area contributed by atoms with E-state index in [1.807, 2.05) is 0 Å². The van der Waals surface area contributed by atoms with E-state index in [1.165, 1.54) is 0 Å². The molecule has 9 heavy (non-hydrogen) atoms. The van der Waals surface area contributed by atoms with Gasteiger partial charge in [-0.3, -0.25) is 0 Å². The van der Waals surface area contributed by atoms with Gasteiger partial charge in [-0.05, 0) is 0 Å². The van der Waals surface area contributed by atoms with Crippen LogP contribution in [0, 0.1) is 5.92 Å². The van der Waals surface area contributed by atoms with Crippen LogP contribution in [-0.2, 0) is 14.6 Å². The molecule has 0 aliphatic carbocycles. The highest BCUT2D eigenvalue weighted by atomic mass is 32.2. The van der Waals surface area contributed by atoms with Crippen molar-refractivity contribution in [2.24, 2.45) is 5.92 Å². The van der Waals surface area contributed by atoms with Crippen LogP contribution >= 0.6 is 0 Å². The smallest absolute Gasteiger partial charge is 0.148 e. The highest BCUT2D eigenvalue weighted by Crippen LogP contribution is 1.94. The Morgan fingerprint density at radius 3 is 2.11 bits per heavy atom. The van der Waals surface area contributed by atoms with Crippen molar-refractivity contribution in [2.75, 3.05) is 12.0 Å². The lowest BCUT2D eigenvalue weighted by Gasteiger charge is -1.97. The molecule has 0 aromatic rings. The van der Waals surface area contributed by atoms with Crippen molar-refractivity contribution in [3.63, 3.8) is 0 Å². The van der Waals surface area contributed by atoms with Gasteiger partial charge in [0, 0.05) is 12.2 Å². The van der Waals surface area contributed by atoms with Gasteiger partial charge in [-0.25, -0.2) is 8.42 Å². The van der Waals surface area contributed by atoms with Crippen molar-refractivity contribution in [2.45, 2.75) is 6.92 Å². The lowest BCUT2D eigenvalue weighted by molar-refractivity contribution is -0.110. The number of carbonyl (C=O) groups is 1. The summed E-state index contributed by atoms with van der Waals surface area (Å²) in [6.45, 7) is 1.58. The number of rotatable bonds is 3. The minimum atomic E-state index is -2.97. The molecule has 1 atom stereocenters. The Hall–Kier alpha value is -0.380. The quantitative estimate of drug-likeness (QED) is 0.526. The third-order valence-electron chi connectivity index (χ3n) is 0.798. The van der Waals surface area contributed by atoms with E-state index in [0.29, 0.717) is 6.29 Å². The fourth-order valence-corrected chi connectivity index (χ4v) is 1.55. The van der Waals surface area contributed by atoms with Gasteiger partial charge in [0.05, 0.1) is 5.75 Å². The topological polar surface area (TPSA) is 51.2 Å². The van der Waals surface area contributed by atoms with Crippen LogP contribution in [0.2, 0.25) is 0 Å². The molecule has 0 aromatic carbocycles. The van der Waals surface area contributed by atoms with E-state index in [9.17, 15) is 13.2 Å². The third-order valence-corrected chi connectivity index (χ3v) is 1.93. The zero-order chi connectivity index (χ0) is 7.49. The van der Waals surface area contributed by atoms with Crippen molar-refractivity contribution in [1.82, 2.24) is 0 Å². The Balaban J connectivity index is 3.89. The molecule has 54 valence electrons. The summed E-state index contributed by atoms with van der Waals surface area (Å²) in [5.74, 6) is -0.420. The van der Waals surface area contributed by atoms with Gasteiger partial charge in [0.25, 0.3) is 0 Å². The molecule has 0 aliphatic rings. The molecule has 0 aliphatic heterocycles. The first-order valence-electron chi connectivity index (χ1n) is 2.58. The SMILES string of the molecule is C[C@H](C=O)CS(C)(=O)=O. The minimum Gasteiger partial charge on any atom is -0.303 e. The summed E-state index contributed by atoms with van der Waals surface area (Å²) in [6.07, 6.45) is 1.76. The van der Waals surface area contributed by atoms with Crippen molar-refractivity contribution in [3.8, 4) is 0 Å². The second-order valence-electron chi connectivity index (χ2n) is 2.21. The largest absolute Gasteiger partial charge is 0.303 e. The molecule has 0 spiro atoms. The van der Waals surface area contributed by atoms with Crippen LogP contribution < -0.4 is 0 Å². The van der Waals surface area contributed by atoms with Gasteiger partial charge in [-0.2, -0.15) is 0 Å². The Bertz CT molecular complexity index is 180. The molecule has 0 bridgehead atoms. The maximum atomic E-state index is 10.4. The van der Waals surface area contributed by atoms with E-state index in [4.69, 9.17) is 0 Å². The maximum absolute atomic E-state index is 10.4. The summed E-state index contributed by atoms with van der Waals surface area (Å²) in [5, 5.41) is 0. The normalized spacial score (nSPS) is 14.9. The van der Waals surface area contributed by atoms with Gasteiger partial charge in [-0.1, -0.05) is 6.92 Å². The number of hydrogen-bond donors (Lipinski definition) is 0. The van der Waals surface area contributed by atoms with Crippen LogP contribution in [0.1, 0.15) is 6.92 Å². The molecule has 0 heterocycles. The predicted octanol–water partition coefficient (Wildman–Crippen LogP) is -0.134. The lowest BCUT2D eigenvalue weighted by atomic mass is 10.3. The van der Waals surface area contributed by atoms with Crippen LogP contribution in [0.5, 0.6) is 0 Å². The standard InChI is InChI=1S/C5H10O3S/c1-5(3-6)4-9(2,7)8/h3,5H,4H2,1-2H3/t5-/m1/s1. The van der Waals surface area contributed by atoms with E-state index < -0.39 is 9.84 Å². The molecule has 0 rings (SSSR count). The number of sulfone groups is 1. The van der Waals surface area contributed by atoms with Crippen LogP contribution in [-0.4, -0.2) is 26.7 Å². The second-order valence-corrected chi connectivity index (χ2v) is 4.39. The fraction of sp³-hybridized carbons (Fsp3) is 0.800. The van der Waals surface area contributed by atoms with Crippen LogP contribution in [0.3, 0.4) is 0 Å². The number of hydrogen-bond acceptors (Lipinski definition) is 3. The van der Waals surface area contributed by atoms with Crippen molar-refractivity contribution >= 4 is 16.1 Å². The van der Waals surface area contributed by atoms with Gasteiger partial charge >= 0.3 is 0 Å². The first kappa shape index (κ1) is 8.62. The second kappa shape index (κ2) is 2.96. The van der Waals surface area contributed by atoms with Crippen molar-refractivity contribution < 1.29 is 13.2 Å². The van der Waals surface area contributed by atoms with Gasteiger partial charge in [0.2, 0.25) is 0 Å². The molecule has 0 fully saturated rings. The van der Waals surface area contributed by atoms with Gasteiger partial charge in [-0.15, -0.1) is 0 Å². The minimum absolute atomic E-state index is 0.0451. The Morgan fingerprint density at radius 1 is 1.56 bits per heavy atom. The Morgan fingerprint density at radius 2 is 2.00 bits per heavy atom. The predicted molar refractivity (Wildman–Crippen MR) is 34.9 cm³/mol. The Labute approximate surface area is 55.0 Å². The molecule has 4 heteroatoms. The molecule has 0 saturated heterocycles. The van der Waals surface area contributed by atoms with Crippen LogP contribution in [0.25, 0.3) is 0 Å². The first-order valence-corrected chi connectivity index (χ1v) is 4.65. The maximum Gasteiger partial charge on any atom is 0.148 e. The van der Waals surface area contributed by atoms with Crippen LogP contribution in [0.15, 0.2) is 0 Å². The molecule has 0 saturated carbocycles. The van der Waals surface area contributed by atoms with Crippen molar-refractivity contribution in [3.05, 3.63) is 0 Å². The molecular weight excluding hydrogens is 140 g/mol. The average molecular weight is 150 g/mol. The number of carbonyl (C=O) groups excluding carboxylic acids is 1. The summed E-state index contributed by atoms with van der Waals surface area (Å²) in [5.41, 5.74) is 0. The third kappa shape index (κ3) is 5.49. The highest BCUT2D eigenvalue weighted by Gasteiger charge is 2.07. The van der Waals surface area contributed by atoms with E-state index >= 15 is 0 Å². The molecule has 0 unspecified atom stereocenters. The molecule has 0 aromatic heterocycles. The van der Waals surface area contributed by atoms with Crippen molar-refractivity contribution in [1.29, 1.82) is 0 Å². The molecule has 0 radical (unpaired) electrons. The summed E-state index contributed by atoms with van der Waals surface area (Å²) >= 11 is 0. The Kier molecular flexibility index (Phi) is 2.84.